The molecular weight excluding hydrogens is 236 g/mol. The van der Waals surface area contributed by atoms with E-state index in [0.717, 1.165) is 0 Å². The van der Waals surface area contributed by atoms with Crippen LogP contribution in [0.15, 0.2) is 10.9 Å². The molecule has 2 heterocycles. The number of rotatable bonds is 1. The SMILES string of the molecule is O=C(c1cscn1)N1CCS(=O)(=O)CC1. The summed E-state index contributed by atoms with van der Waals surface area (Å²) in [6.07, 6.45) is 0. The topological polar surface area (TPSA) is 67.3 Å². The smallest absolute Gasteiger partial charge is 0.273 e. The van der Waals surface area contributed by atoms with Crippen LogP contribution in [0.4, 0.5) is 0 Å². The first kappa shape index (κ1) is 10.6. The van der Waals surface area contributed by atoms with Crippen LogP contribution < -0.4 is 0 Å². The second-order valence-electron chi connectivity index (χ2n) is 3.32. The molecule has 0 saturated carbocycles. The first-order valence-corrected chi connectivity index (χ1v) is 7.23. The third kappa shape index (κ3) is 2.35. The standard InChI is InChI=1S/C8H10N2O3S2/c11-8(7-5-14-6-9-7)10-1-3-15(12,13)4-2-10/h5-6H,1-4H2. The summed E-state index contributed by atoms with van der Waals surface area (Å²) in [6, 6.07) is 0. The number of amides is 1. The Kier molecular flexibility index (Phi) is 2.74. The van der Waals surface area contributed by atoms with Gasteiger partial charge in [0, 0.05) is 18.5 Å². The molecule has 0 atom stereocenters. The Morgan fingerprint density at radius 2 is 2.07 bits per heavy atom. The van der Waals surface area contributed by atoms with Gasteiger partial charge in [-0.25, -0.2) is 13.4 Å². The van der Waals surface area contributed by atoms with Gasteiger partial charge in [0.25, 0.3) is 5.91 Å². The Bertz CT molecular complexity index is 438. The van der Waals surface area contributed by atoms with Crippen molar-refractivity contribution in [2.45, 2.75) is 0 Å². The highest BCUT2D eigenvalue weighted by atomic mass is 32.2. The molecule has 1 aliphatic rings. The second-order valence-corrected chi connectivity index (χ2v) is 6.34. The van der Waals surface area contributed by atoms with Gasteiger partial charge < -0.3 is 4.90 Å². The molecule has 1 saturated heterocycles. The van der Waals surface area contributed by atoms with Crippen LogP contribution in [-0.2, 0) is 9.84 Å². The summed E-state index contributed by atoms with van der Waals surface area (Å²) < 4.78 is 22.3. The minimum absolute atomic E-state index is 0.0584. The van der Waals surface area contributed by atoms with Crippen LogP contribution in [0.2, 0.25) is 0 Å². The second kappa shape index (κ2) is 3.90. The van der Waals surface area contributed by atoms with Gasteiger partial charge in [0.1, 0.15) is 5.69 Å². The molecule has 0 spiro atoms. The molecule has 2 rings (SSSR count). The van der Waals surface area contributed by atoms with Gasteiger partial charge in [-0.1, -0.05) is 0 Å². The predicted octanol–water partition coefficient (Wildman–Crippen LogP) is 0.0137. The highest BCUT2D eigenvalue weighted by Gasteiger charge is 2.26. The van der Waals surface area contributed by atoms with Crippen molar-refractivity contribution in [2.24, 2.45) is 0 Å². The van der Waals surface area contributed by atoms with Crippen LogP contribution in [0.25, 0.3) is 0 Å². The molecule has 82 valence electrons. The monoisotopic (exact) mass is 246 g/mol. The zero-order chi connectivity index (χ0) is 10.9. The molecule has 0 radical (unpaired) electrons. The van der Waals surface area contributed by atoms with E-state index in [1.54, 1.807) is 10.9 Å². The van der Waals surface area contributed by atoms with E-state index < -0.39 is 9.84 Å². The molecule has 15 heavy (non-hydrogen) atoms. The molecule has 7 heteroatoms. The molecule has 0 unspecified atom stereocenters. The maximum absolute atomic E-state index is 11.7. The van der Waals surface area contributed by atoms with Crippen molar-refractivity contribution in [1.29, 1.82) is 0 Å². The minimum Gasteiger partial charge on any atom is -0.335 e. The highest BCUT2D eigenvalue weighted by Crippen LogP contribution is 2.09. The summed E-state index contributed by atoms with van der Waals surface area (Å²) in [4.78, 5) is 17.2. The van der Waals surface area contributed by atoms with Crippen molar-refractivity contribution in [3.05, 3.63) is 16.6 Å². The third-order valence-corrected chi connectivity index (χ3v) is 4.48. The Morgan fingerprint density at radius 3 is 2.60 bits per heavy atom. The summed E-state index contributed by atoms with van der Waals surface area (Å²) >= 11 is 1.35. The van der Waals surface area contributed by atoms with E-state index in [-0.39, 0.29) is 30.5 Å². The Balaban J connectivity index is 2.06. The zero-order valence-corrected chi connectivity index (χ0v) is 9.55. The average Bonchev–Trinajstić information content (AvgIpc) is 2.69. The first-order chi connectivity index (χ1) is 7.08. The number of hydrogen-bond acceptors (Lipinski definition) is 5. The fourth-order valence-corrected chi connectivity index (χ4v) is 3.12. The van der Waals surface area contributed by atoms with Crippen LogP contribution in [0.1, 0.15) is 10.5 Å². The molecule has 5 nitrogen and oxygen atoms in total. The van der Waals surface area contributed by atoms with Crippen molar-refractivity contribution in [1.82, 2.24) is 9.88 Å². The van der Waals surface area contributed by atoms with Crippen LogP contribution in [0.3, 0.4) is 0 Å². The normalized spacial score (nSPS) is 20.1. The van der Waals surface area contributed by atoms with Gasteiger partial charge in [-0.15, -0.1) is 11.3 Å². The lowest BCUT2D eigenvalue weighted by molar-refractivity contribution is 0.0765. The summed E-state index contributed by atoms with van der Waals surface area (Å²) in [5.41, 5.74) is 1.99. The van der Waals surface area contributed by atoms with Gasteiger partial charge in [0.15, 0.2) is 9.84 Å². The van der Waals surface area contributed by atoms with Crippen LogP contribution >= 0.6 is 11.3 Å². The number of carbonyl (C=O) groups is 1. The van der Waals surface area contributed by atoms with Crippen molar-refractivity contribution >= 4 is 27.1 Å². The number of carbonyl (C=O) groups excluding carboxylic acids is 1. The molecule has 1 aliphatic heterocycles. The van der Waals surface area contributed by atoms with Gasteiger partial charge >= 0.3 is 0 Å². The average molecular weight is 246 g/mol. The number of thiazole rings is 1. The molecule has 1 aromatic rings. The highest BCUT2D eigenvalue weighted by molar-refractivity contribution is 7.91. The largest absolute Gasteiger partial charge is 0.335 e. The van der Waals surface area contributed by atoms with E-state index in [1.807, 2.05) is 0 Å². The molecule has 0 aliphatic carbocycles. The van der Waals surface area contributed by atoms with Gasteiger partial charge in [-0.3, -0.25) is 4.79 Å². The minimum atomic E-state index is -2.93. The lowest BCUT2D eigenvalue weighted by atomic mass is 10.4. The quantitative estimate of drug-likeness (QED) is 0.700. The van der Waals surface area contributed by atoms with Crippen LogP contribution in [-0.4, -0.2) is 48.8 Å². The van der Waals surface area contributed by atoms with Gasteiger partial charge in [0.2, 0.25) is 0 Å². The van der Waals surface area contributed by atoms with Crippen molar-refractivity contribution in [3.8, 4) is 0 Å². The number of nitrogens with zero attached hydrogens (tertiary/aromatic N) is 2. The molecule has 1 aromatic heterocycles. The molecular formula is C8H10N2O3S2. The fourth-order valence-electron chi connectivity index (χ4n) is 1.40. The van der Waals surface area contributed by atoms with E-state index in [9.17, 15) is 13.2 Å². The van der Waals surface area contributed by atoms with E-state index in [0.29, 0.717) is 5.69 Å². The lowest BCUT2D eigenvalue weighted by Gasteiger charge is -2.25. The molecule has 0 aromatic carbocycles. The van der Waals surface area contributed by atoms with Gasteiger partial charge in [0.05, 0.1) is 17.0 Å². The van der Waals surface area contributed by atoms with E-state index in [1.165, 1.54) is 16.2 Å². The van der Waals surface area contributed by atoms with Crippen LogP contribution in [0, 0.1) is 0 Å². The Labute approximate surface area is 91.7 Å². The fraction of sp³-hybridized carbons (Fsp3) is 0.500. The number of aromatic nitrogens is 1. The summed E-state index contributed by atoms with van der Waals surface area (Å²) in [5.74, 6) is -0.0580. The maximum atomic E-state index is 11.7. The number of sulfone groups is 1. The molecule has 1 amide bonds. The summed E-state index contributed by atoms with van der Waals surface area (Å²) in [5, 5.41) is 1.67. The van der Waals surface area contributed by atoms with Crippen molar-refractivity contribution in [3.63, 3.8) is 0 Å². The van der Waals surface area contributed by atoms with Gasteiger partial charge in [-0.2, -0.15) is 0 Å². The van der Waals surface area contributed by atoms with Crippen molar-refractivity contribution < 1.29 is 13.2 Å². The van der Waals surface area contributed by atoms with E-state index in [4.69, 9.17) is 0 Å². The molecule has 1 fully saturated rings. The lowest BCUT2D eigenvalue weighted by Crippen LogP contribution is -2.43. The van der Waals surface area contributed by atoms with E-state index in [2.05, 4.69) is 4.98 Å². The van der Waals surface area contributed by atoms with Crippen LogP contribution in [0.5, 0.6) is 0 Å². The summed E-state index contributed by atoms with van der Waals surface area (Å²) in [7, 11) is -2.93. The summed E-state index contributed by atoms with van der Waals surface area (Å²) in [6.45, 7) is 0.553. The van der Waals surface area contributed by atoms with Crippen molar-refractivity contribution in [2.75, 3.05) is 24.6 Å². The Hall–Kier alpha value is -0.950. The molecule has 0 bridgehead atoms. The zero-order valence-electron chi connectivity index (χ0n) is 7.92. The molecule has 0 N–H and O–H groups in total. The third-order valence-electron chi connectivity index (χ3n) is 2.28. The van der Waals surface area contributed by atoms with Gasteiger partial charge in [-0.05, 0) is 0 Å². The first-order valence-electron chi connectivity index (χ1n) is 4.46. The maximum Gasteiger partial charge on any atom is 0.273 e. The predicted molar refractivity (Wildman–Crippen MR) is 56.7 cm³/mol. The van der Waals surface area contributed by atoms with E-state index >= 15 is 0 Å². The number of hydrogen-bond donors (Lipinski definition) is 0. The Morgan fingerprint density at radius 1 is 1.40 bits per heavy atom.